The number of rotatable bonds is 3. The zero-order valence-electron chi connectivity index (χ0n) is 23.5. The van der Waals surface area contributed by atoms with E-state index in [-0.39, 0.29) is 10.8 Å². The molecule has 8 rings (SSSR count). The Labute approximate surface area is 235 Å². The summed E-state index contributed by atoms with van der Waals surface area (Å²) in [4.78, 5) is 0. The number of hydrogen-bond acceptors (Lipinski definition) is 0. The first-order chi connectivity index (χ1) is 19.4. The molecule has 0 N–H and O–H groups in total. The highest BCUT2D eigenvalue weighted by atomic mass is 15.0. The third-order valence-corrected chi connectivity index (χ3v) is 9.71. The molecule has 0 saturated carbocycles. The van der Waals surface area contributed by atoms with E-state index >= 15 is 0 Å². The highest BCUT2D eigenvalue weighted by molar-refractivity contribution is 6.11. The van der Waals surface area contributed by atoms with Crippen molar-refractivity contribution < 1.29 is 0 Å². The van der Waals surface area contributed by atoms with Gasteiger partial charge in [0.05, 0.1) is 11.0 Å². The molecule has 0 saturated heterocycles. The Morgan fingerprint density at radius 1 is 0.525 bits per heavy atom. The van der Waals surface area contributed by atoms with Crippen LogP contribution in [-0.4, -0.2) is 9.13 Å². The summed E-state index contributed by atoms with van der Waals surface area (Å²) in [7, 11) is 0. The molecule has 2 aromatic heterocycles. The van der Waals surface area contributed by atoms with E-state index in [9.17, 15) is 0 Å². The minimum Gasteiger partial charge on any atom is -0.340 e. The Balaban J connectivity index is 1.34. The van der Waals surface area contributed by atoms with Crippen molar-refractivity contribution in [2.45, 2.75) is 51.0 Å². The Hall–Kier alpha value is -4.30. The van der Waals surface area contributed by atoms with Crippen LogP contribution in [0.1, 0.15) is 44.7 Å². The highest BCUT2D eigenvalue weighted by Crippen LogP contribution is 2.47. The van der Waals surface area contributed by atoms with Crippen LogP contribution < -0.4 is 0 Å². The van der Waals surface area contributed by atoms with Gasteiger partial charge in [0, 0.05) is 50.2 Å². The molecule has 196 valence electrons. The van der Waals surface area contributed by atoms with Gasteiger partial charge in [-0.1, -0.05) is 99.6 Å². The van der Waals surface area contributed by atoms with Gasteiger partial charge in [0.25, 0.3) is 0 Å². The van der Waals surface area contributed by atoms with Crippen LogP contribution in [0.5, 0.6) is 0 Å². The molecule has 2 nitrogen and oxygen atoms in total. The van der Waals surface area contributed by atoms with Crippen molar-refractivity contribution in [2.75, 3.05) is 0 Å². The van der Waals surface area contributed by atoms with Crippen molar-refractivity contribution in [1.29, 1.82) is 0 Å². The van der Waals surface area contributed by atoms with Gasteiger partial charge < -0.3 is 9.13 Å². The van der Waals surface area contributed by atoms with Gasteiger partial charge >= 0.3 is 0 Å². The van der Waals surface area contributed by atoms with Gasteiger partial charge in [-0.3, -0.25) is 0 Å². The molecule has 0 spiro atoms. The minimum atomic E-state index is 0.0757. The number of para-hydroxylation sites is 3. The zero-order chi connectivity index (χ0) is 27.1. The molecule has 0 aliphatic heterocycles. The summed E-state index contributed by atoms with van der Waals surface area (Å²) in [5.41, 5.74) is 9.66. The van der Waals surface area contributed by atoms with E-state index in [0.29, 0.717) is 0 Å². The summed E-state index contributed by atoms with van der Waals surface area (Å²) in [6.45, 7) is 8.26. The molecule has 0 bridgehead atoms. The van der Waals surface area contributed by atoms with E-state index in [1.165, 1.54) is 73.3 Å². The second-order valence-corrected chi connectivity index (χ2v) is 12.7. The molecule has 7 aromatic rings. The minimum absolute atomic E-state index is 0.0757. The third-order valence-electron chi connectivity index (χ3n) is 9.71. The van der Waals surface area contributed by atoms with Gasteiger partial charge in [-0.25, -0.2) is 0 Å². The van der Waals surface area contributed by atoms with Gasteiger partial charge in [0.1, 0.15) is 0 Å². The van der Waals surface area contributed by atoms with E-state index < -0.39 is 0 Å². The zero-order valence-corrected chi connectivity index (χ0v) is 23.5. The molecule has 0 amide bonds. The molecule has 1 unspecified atom stereocenters. The van der Waals surface area contributed by atoms with Crippen molar-refractivity contribution >= 4 is 43.6 Å². The topological polar surface area (TPSA) is 9.86 Å². The van der Waals surface area contributed by atoms with Crippen LogP contribution in [0.2, 0.25) is 0 Å². The molecule has 2 heterocycles. The van der Waals surface area contributed by atoms with E-state index in [1.807, 2.05) is 0 Å². The summed E-state index contributed by atoms with van der Waals surface area (Å²) in [5.74, 6) is 0. The molecular formula is C38H34N2. The van der Waals surface area contributed by atoms with Crippen LogP contribution >= 0.6 is 0 Å². The number of hydrogen-bond donors (Lipinski definition) is 0. The third kappa shape index (κ3) is 3.29. The van der Waals surface area contributed by atoms with Gasteiger partial charge in [-0.15, -0.1) is 0 Å². The average Bonchev–Trinajstić information content (AvgIpc) is 3.48. The summed E-state index contributed by atoms with van der Waals surface area (Å²) in [6.07, 6.45) is 2.39. The first kappa shape index (κ1) is 23.6. The van der Waals surface area contributed by atoms with Crippen LogP contribution in [0.25, 0.3) is 49.3 Å². The van der Waals surface area contributed by atoms with Crippen LogP contribution in [0, 0.1) is 0 Å². The fraction of sp³-hybridized carbons (Fsp3) is 0.211. The van der Waals surface area contributed by atoms with E-state index in [2.05, 4.69) is 145 Å². The summed E-state index contributed by atoms with van der Waals surface area (Å²) in [6, 6.07) is 42.8. The van der Waals surface area contributed by atoms with Crippen molar-refractivity contribution in [3.05, 3.63) is 126 Å². The molecule has 1 aliphatic carbocycles. The van der Waals surface area contributed by atoms with Crippen molar-refractivity contribution in [1.82, 2.24) is 9.13 Å². The average molecular weight is 519 g/mol. The second kappa shape index (κ2) is 8.35. The molecule has 2 heteroatoms. The molecule has 40 heavy (non-hydrogen) atoms. The van der Waals surface area contributed by atoms with Crippen LogP contribution in [0.4, 0.5) is 0 Å². The summed E-state index contributed by atoms with van der Waals surface area (Å²) in [5, 5.41) is 5.25. The quantitative estimate of drug-likeness (QED) is 0.220. The number of fused-ring (bicyclic) bond motifs is 7. The smallest absolute Gasteiger partial charge is 0.0541 e. The van der Waals surface area contributed by atoms with Crippen molar-refractivity contribution in [3.8, 4) is 5.69 Å². The Bertz CT molecular complexity index is 2030. The second-order valence-electron chi connectivity index (χ2n) is 12.7. The molecule has 0 radical (unpaired) electrons. The van der Waals surface area contributed by atoms with Crippen LogP contribution in [0.15, 0.2) is 115 Å². The summed E-state index contributed by atoms with van der Waals surface area (Å²) < 4.78 is 5.02. The number of aromatic nitrogens is 2. The maximum absolute atomic E-state index is 2.59. The lowest BCUT2D eigenvalue weighted by atomic mass is 9.62. The van der Waals surface area contributed by atoms with E-state index in [4.69, 9.17) is 0 Å². The number of nitrogens with zero attached hydrogens (tertiary/aromatic N) is 2. The molecule has 0 fully saturated rings. The summed E-state index contributed by atoms with van der Waals surface area (Å²) >= 11 is 0. The van der Waals surface area contributed by atoms with Gasteiger partial charge in [0.15, 0.2) is 0 Å². The van der Waals surface area contributed by atoms with E-state index in [0.717, 1.165) is 6.54 Å². The lowest BCUT2D eigenvalue weighted by Crippen LogP contribution is -2.38. The fourth-order valence-corrected chi connectivity index (χ4v) is 7.52. The standard InChI is InChI=1S/C38H34N2/c1-37(2)22-23-38(3,32-16-8-7-15-31(32)37)25-39-33-17-9-4-14-29(33)30-24-26(20-21-34(30)39)40-35-18-10-5-12-27(35)28-13-6-11-19-36(28)40/h4-21,24H,22-23,25H2,1-3H3. The Morgan fingerprint density at radius 2 is 1.05 bits per heavy atom. The van der Waals surface area contributed by atoms with Crippen molar-refractivity contribution in [3.63, 3.8) is 0 Å². The first-order valence-electron chi connectivity index (χ1n) is 14.5. The van der Waals surface area contributed by atoms with Gasteiger partial charge in [-0.2, -0.15) is 0 Å². The van der Waals surface area contributed by atoms with Crippen molar-refractivity contribution in [2.24, 2.45) is 0 Å². The Kier molecular flexibility index (Phi) is 4.92. The number of benzene rings is 5. The molecule has 1 atom stereocenters. The maximum atomic E-state index is 2.59. The predicted molar refractivity (Wildman–Crippen MR) is 170 cm³/mol. The van der Waals surface area contributed by atoms with Crippen LogP contribution in [0.3, 0.4) is 0 Å². The van der Waals surface area contributed by atoms with Crippen LogP contribution in [-0.2, 0) is 17.4 Å². The van der Waals surface area contributed by atoms with Gasteiger partial charge in [0.2, 0.25) is 0 Å². The lowest BCUT2D eigenvalue weighted by molar-refractivity contribution is 0.286. The fourth-order valence-electron chi connectivity index (χ4n) is 7.52. The normalized spacial score (nSPS) is 18.6. The lowest BCUT2D eigenvalue weighted by Gasteiger charge is -2.44. The molecule has 5 aromatic carbocycles. The Morgan fingerprint density at radius 3 is 1.73 bits per heavy atom. The van der Waals surface area contributed by atoms with Gasteiger partial charge in [-0.05, 0) is 65.8 Å². The largest absolute Gasteiger partial charge is 0.340 e. The monoisotopic (exact) mass is 518 g/mol. The highest BCUT2D eigenvalue weighted by Gasteiger charge is 2.40. The predicted octanol–water partition coefficient (Wildman–Crippen LogP) is 9.92. The molecule has 1 aliphatic rings. The maximum Gasteiger partial charge on any atom is 0.0541 e. The molecular weight excluding hydrogens is 484 g/mol. The SMILES string of the molecule is CC1(C)CCC(C)(Cn2c3ccccc3c3cc(-n4c5ccccc5c5ccccc54)ccc32)c2ccccc21. The first-order valence-corrected chi connectivity index (χ1v) is 14.5. The van der Waals surface area contributed by atoms with E-state index in [1.54, 1.807) is 0 Å².